The third-order valence-corrected chi connectivity index (χ3v) is 5.64. The molecular formula is C24H30N2O2. The summed E-state index contributed by atoms with van der Waals surface area (Å²) in [7, 11) is 1.87. The van der Waals surface area contributed by atoms with Crippen LogP contribution in [0.4, 0.5) is 0 Å². The number of nitrogens with zero attached hydrogens (tertiary/aromatic N) is 1. The SMILES string of the molecule is Cc1cccc(CNC(=O)C2CCC(C(=O)N(C)Cc3ccccc3)CC2)c1. The summed E-state index contributed by atoms with van der Waals surface area (Å²) < 4.78 is 0. The molecule has 0 spiro atoms. The van der Waals surface area contributed by atoms with Crippen LogP contribution in [0.1, 0.15) is 42.4 Å². The smallest absolute Gasteiger partial charge is 0.225 e. The Morgan fingerprint density at radius 3 is 2.25 bits per heavy atom. The van der Waals surface area contributed by atoms with Crippen molar-refractivity contribution in [3.8, 4) is 0 Å². The van der Waals surface area contributed by atoms with Crippen molar-refractivity contribution in [3.63, 3.8) is 0 Å². The number of carbonyl (C=O) groups is 2. The zero-order valence-corrected chi connectivity index (χ0v) is 16.9. The van der Waals surface area contributed by atoms with E-state index in [2.05, 4.69) is 24.4 Å². The summed E-state index contributed by atoms with van der Waals surface area (Å²) in [6.45, 7) is 3.26. The molecule has 4 nitrogen and oxygen atoms in total. The summed E-state index contributed by atoms with van der Waals surface area (Å²) in [4.78, 5) is 27.1. The van der Waals surface area contributed by atoms with Crippen LogP contribution in [0.5, 0.6) is 0 Å². The second-order valence-electron chi connectivity index (χ2n) is 7.94. The first kappa shape index (κ1) is 20.1. The fraction of sp³-hybridized carbons (Fsp3) is 0.417. The largest absolute Gasteiger partial charge is 0.352 e. The molecule has 3 rings (SSSR count). The molecule has 2 amide bonds. The molecule has 28 heavy (non-hydrogen) atoms. The van der Waals surface area contributed by atoms with Gasteiger partial charge in [0.2, 0.25) is 11.8 Å². The highest BCUT2D eigenvalue weighted by Crippen LogP contribution is 2.30. The van der Waals surface area contributed by atoms with Crippen molar-refractivity contribution in [2.75, 3.05) is 7.05 Å². The molecule has 1 N–H and O–H groups in total. The minimum absolute atomic E-state index is 0.0216. The van der Waals surface area contributed by atoms with E-state index in [9.17, 15) is 9.59 Å². The lowest BCUT2D eigenvalue weighted by Gasteiger charge is -2.30. The van der Waals surface area contributed by atoms with Crippen LogP contribution in [0.25, 0.3) is 0 Å². The van der Waals surface area contributed by atoms with E-state index in [1.54, 1.807) is 0 Å². The Labute approximate surface area is 167 Å². The number of amides is 2. The highest BCUT2D eigenvalue weighted by molar-refractivity contribution is 5.81. The van der Waals surface area contributed by atoms with Gasteiger partial charge in [-0.2, -0.15) is 0 Å². The molecule has 2 aromatic carbocycles. The maximum Gasteiger partial charge on any atom is 0.225 e. The zero-order valence-electron chi connectivity index (χ0n) is 16.9. The fourth-order valence-corrected chi connectivity index (χ4v) is 4.01. The Kier molecular flexibility index (Phi) is 6.85. The molecule has 2 aromatic rings. The van der Waals surface area contributed by atoms with Crippen molar-refractivity contribution in [1.82, 2.24) is 10.2 Å². The standard InChI is InChI=1S/C24H30N2O2/c1-18-7-6-10-20(15-18)16-25-23(27)21-11-13-22(14-12-21)24(28)26(2)17-19-8-4-3-5-9-19/h3-10,15,21-22H,11-14,16-17H2,1-2H3,(H,25,27). The van der Waals surface area contributed by atoms with Crippen LogP contribution in [-0.4, -0.2) is 23.8 Å². The van der Waals surface area contributed by atoms with Crippen molar-refractivity contribution >= 4 is 11.8 Å². The summed E-state index contributed by atoms with van der Waals surface area (Å²) >= 11 is 0. The molecule has 1 saturated carbocycles. The van der Waals surface area contributed by atoms with Gasteiger partial charge in [-0.1, -0.05) is 60.2 Å². The van der Waals surface area contributed by atoms with Gasteiger partial charge in [-0.05, 0) is 43.7 Å². The molecule has 0 radical (unpaired) electrons. The van der Waals surface area contributed by atoms with Gasteiger partial charge in [0.1, 0.15) is 0 Å². The molecular weight excluding hydrogens is 348 g/mol. The first-order valence-electron chi connectivity index (χ1n) is 10.1. The molecule has 1 aliphatic carbocycles. The molecule has 0 atom stereocenters. The fourth-order valence-electron chi connectivity index (χ4n) is 4.01. The Balaban J connectivity index is 1.44. The average Bonchev–Trinajstić information content (AvgIpc) is 2.72. The normalized spacial score (nSPS) is 19.1. The number of rotatable bonds is 6. The maximum atomic E-state index is 12.7. The van der Waals surface area contributed by atoms with E-state index in [0.29, 0.717) is 13.1 Å². The molecule has 0 unspecified atom stereocenters. The Bertz CT molecular complexity index is 795. The topological polar surface area (TPSA) is 49.4 Å². The van der Waals surface area contributed by atoms with Crippen LogP contribution in [-0.2, 0) is 22.7 Å². The van der Waals surface area contributed by atoms with Gasteiger partial charge in [-0.3, -0.25) is 9.59 Å². The average molecular weight is 379 g/mol. The highest BCUT2D eigenvalue weighted by Gasteiger charge is 2.31. The highest BCUT2D eigenvalue weighted by atomic mass is 16.2. The second kappa shape index (κ2) is 9.54. The molecule has 0 saturated heterocycles. The van der Waals surface area contributed by atoms with Gasteiger partial charge in [0.05, 0.1) is 0 Å². The van der Waals surface area contributed by atoms with Crippen LogP contribution in [0.15, 0.2) is 54.6 Å². The van der Waals surface area contributed by atoms with E-state index in [-0.39, 0.29) is 23.7 Å². The zero-order chi connectivity index (χ0) is 19.9. The van der Waals surface area contributed by atoms with Crippen molar-refractivity contribution in [1.29, 1.82) is 0 Å². The molecule has 1 aliphatic rings. The first-order valence-corrected chi connectivity index (χ1v) is 10.1. The van der Waals surface area contributed by atoms with Gasteiger partial charge >= 0.3 is 0 Å². The monoisotopic (exact) mass is 378 g/mol. The molecule has 0 heterocycles. The lowest BCUT2D eigenvalue weighted by molar-refractivity contribution is -0.137. The molecule has 0 aromatic heterocycles. The molecule has 0 aliphatic heterocycles. The van der Waals surface area contributed by atoms with Crippen LogP contribution in [0.3, 0.4) is 0 Å². The third kappa shape index (κ3) is 5.44. The van der Waals surface area contributed by atoms with E-state index >= 15 is 0 Å². The summed E-state index contributed by atoms with van der Waals surface area (Å²) in [5, 5.41) is 3.06. The van der Waals surface area contributed by atoms with E-state index in [0.717, 1.165) is 36.8 Å². The number of hydrogen-bond donors (Lipinski definition) is 1. The quantitative estimate of drug-likeness (QED) is 0.823. The van der Waals surface area contributed by atoms with E-state index in [1.165, 1.54) is 5.56 Å². The lowest BCUT2D eigenvalue weighted by Crippen LogP contribution is -2.38. The van der Waals surface area contributed by atoms with E-state index < -0.39 is 0 Å². The Morgan fingerprint density at radius 1 is 0.929 bits per heavy atom. The molecule has 4 heteroatoms. The third-order valence-electron chi connectivity index (χ3n) is 5.64. The van der Waals surface area contributed by atoms with Crippen LogP contribution < -0.4 is 5.32 Å². The maximum absolute atomic E-state index is 12.7. The van der Waals surface area contributed by atoms with Crippen molar-refractivity contribution < 1.29 is 9.59 Å². The van der Waals surface area contributed by atoms with Gasteiger partial charge in [0.25, 0.3) is 0 Å². The van der Waals surface area contributed by atoms with Crippen LogP contribution in [0, 0.1) is 18.8 Å². The van der Waals surface area contributed by atoms with E-state index in [1.807, 2.05) is 54.4 Å². The second-order valence-corrected chi connectivity index (χ2v) is 7.94. The van der Waals surface area contributed by atoms with Crippen LogP contribution >= 0.6 is 0 Å². The molecule has 0 bridgehead atoms. The Morgan fingerprint density at radius 2 is 1.57 bits per heavy atom. The number of carbonyl (C=O) groups excluding carboxylic acids is 2. The van der Waals surface area contributed by atoms with Crippen molar-refractivity contribution in [2.24, 2.45) is 11.8 Å². The van der Waals surface area contributed by atoms with Gasteiger partial charge in [0.15, 0.2) is 0 Å². The number of benzene rings is 2. The minimum Gasteiger partial charge on any atom is -0.352 e. The lowest BCUT2D eigenvalue weighted by atomic mass is 9.81. The summed E-state index contributed by atoms with van der Waals surface area (Å²) in [6, 6.07) is 18.2. The summed E-state index contributed by atoms with van der Waals surface area (Å²) in [5.41, 5.74) is 3.47. The first-order chi connectivity index (χ1) is 13.5. The van der Waals surface area contributed by atoms with Gasteiger partial charge in [-0.15, -0.1) is 0 Å². The summed E-state index contributed by atoms with van der Waals surface area (Å²) in [6.07, 6.45) is 3.16. The number of aryl methyl sites for hydroxylation is 1. The number of hydrogen-bond acceptors (Lipinski definition) is 2. The molecule has 148 valence electrons. The molecule has 1 fully saturated rings. The minimum atomic E-state index is 0.0216. The van der Waals surface area contributed by atoms with Gasteiger partial charge in [-0.25, -0.2) is 0 Å². The number of nitrogens with one attached hydrogen (secondary N) is 1. The predicted molar refractivity (Wildman–Crippen MR) is 111 cm³/mol. The summed E-state index contributed by atoms with van der Waals surface area (Å²) in [5.74, 6) is 0.371. The van der Waals surface area contributed by atoms with Crippen molar-refractivity contribution in [3.05, 3.63) is 71.3 Å². The van der Waals surface area contributed by atoms with E-state index in [4.69, 9.17) is 0 Å². The Hall–Kier alpha value is -2.62. The van der Waals surface area contributed by atoms with Gasteiger partial charge < -0.3 is 10.2 Å². The van der Waals surface area contributed by atoms with Crippen LogP contribution in [0.2, 0.25) is 0 Å². The predicted octanol–water partition coefficient (Wildman–Crippen LogP) is 4.08. The van der Waals surface area contributed by atoms with Crippen molar-refractivity contribution in [2.45, 2.75) is 45.7 Å². The van der Waals surface area contributed by atoms with Gasteiger partial charge in [0, 0.05) is 32.0 Å².